The van der Waals surface area contributed by atoms with Crippen LogP contribution in [-0.2, 0) is 0 Å². The number of nitrogens with one attached hydrogen (secondary N) is 1. The molecule has 1 saturated heterocycles. The third kappa shape index (κ3) is 5.41. The highest BCUT2D eigenvalue weighted by molar-refractivity contribution is 6.37. The number of nitriles is 1. The molecule has 2 atom stereocenters. The van der Waals surface area contributed by atoms with Crippen molar-refractivity contribution >= 4 is 45.5 Å². The molecule has 36 heavy (non-hydrogen) atoms. The number of rotatable bonds is 9. The Balaban J connectivity index is 1.60. The monoisotopic (exact) mass is 528 g/mol. The van der Waals surface area contributed by atoms with Crippen LogP contribution >= 0.6 is 23.2 Å². The number of halogens is 2. The number of pyridine rings is 1. The predicted octanol–water partition coefficient (Wildman–Crippen LogP) is 6.82. The molecule has 1 aliphatic heterocycles. The summed E-state index contributed by atoms with van der Waals surface area (Å²) in [4.78, 5) is 7.03. The number of hydrogen-bond donors (Lipinski definition) is 1. The summed E-state index contributed by atoms with van der Waals surface area (Å²) in [6.07, 6.45) is 4.95. The third-order valence-electron chi connectivity index (χ3n) is 6.73. The second-order valence-corrected chi connectivity index (χ2v) is 9.80. The number of nitrogens with zero attached hydrogens (tertiary/aromatic N) is 3. The van der Waals surface area contributed by atoms with Crippen LogP contribution in [-0.4, -0.2) is 49.3 Å². The van der Waals surface area contributed by atoms with Gasteiger partial charge in [-0.3, -0.25) is 9.88 Å². The minimum Gasteiger partial charge on any atom is -0.495 e. The normalized spacial score (nSPS) is 17.7. The lowest BCUT2D eigenvalue weighted by atomic mass is 10.1. The van der Waals surface area contributed by atoms with E-state index in [1.807, 2.05) is 12.1 Å². The number of likely N-dealkylation sites (tertiary alicyclic amines) is 1. The van der Waals surface area contributed by atoms with Crippen molar-refractivity contribution in [2.75, 3.05) is 32.7 Å². The van der Waals surface area contributed by atoms with E-state index in [1.165, 1.54) is 26.1 Å². The smallest absolute Gasteiger partial charge is 0.163 e. The van der Waals surface area contributed by atoms with Gasteiger partial charge in [-0.25, -0.2) is 0 Å². The van der Waals surface area contributed by atoms with Crippen molar-refractivity contribution in [3.8, 4) is 23.3 Å². The van der Waals surface area contributed by atoms with E-state index in [4.69, 9.17) is 37.4 Å². The van der Waals surface area contributed by atoms with Crippen LogP contribution in [0.4, 0.5) is 11.4 Å². The van der Waals surface area contributed by atoms with Crippen LogP contribution in [0.3, 0.4) is 0 Å². The van der Waals surface area contributed by atoms with Crippen LogP contribution in [0.1, 0.15) is 38.7 Å². The number of anilines is 2. The van der Waals surface area contributed by atoms with Crippen LogP contribution in [0.25, 0.3) is 10.9 Å². The molecule has 190 valence electrons. The third-order valence-corrected chi connectivity index (χ3v) is 7.34. The number of benzene rings is 2. The average molecular weight is 529 g/mol. The van der Waals surface area contributed by atoms with Gasteiger partial charge in [0.25, 0.3) is 0 Å². The lowest BCUT2D eigenvalue weighted by Gasteiger charge is -2.25. The first-order valence-corrected chi connectivity index (χ1v) is 12.7. The molecular formula is C27H30Cl2N4O3. The molecule has 1 aliphatic rings. The van der Waals surface area contributed by atoms with Crippen LogP contribution in [0.2, 0.25) is 10.0 Å². The van der Waals surface area contributed by atoms with Gasteiger partial charge in [-0.2, -0.15) is 5.26 Å². The summed E-state index contributed by atoms with van der Waals surface area (Å²) in [7, 11) is 3.12. The summed E-state index contributed by atoms with van der Waals surface area (Å²) in [6, 6.07) is 10.4. The molecule has 0 amide bonds. The van der Waals surface area contributed by atoms with Crippen LogP contribution < -0.4 is 19.5 Å². The SMILES string of the molecule is COc1cc(Nc2c(C#N)cnc3cc(OCCCN4C(C)CCC4C)c(OC)cc23)c(Cl)cc1Cl. The second kappa shape index (κ2) is 11.4. The predicted molar refractivity (Wildman–Crippen MR) is 144 cm³/mol. The molecular weight excluding hydrogens is 499 g/mol. The Morgan fingerprint density at radius 1 is 1.03 bits per heavy atom. The molecule has 0 spiro atoms. The molecule has 1 N–H and O–H groups in total. The van der Waals surface area contributed by atoms with Gasteiger partial charge in [0, 0.05) is 42.3 Å². The van der Waals surface area contributed by atoms with Crippen molar-refractivity contribution in [3.05, 3.63) is 46.1 Å². The van der Waals surface area contributed by atoms with Crippen LogP contribution in [0.5, 0.6) is 17.2 Å². The first-order chi connectivity index (χ1) is 17.4. The molecule has 4 rings (SSSR count). The van der Waals surface area contributed by atoms with E-state index in [1.54, 1.807) is 19.2 Å². The number of aromatic nitrogens is 1. The minimum atomic E-state index is 0.358. The van der Waals surface area contributed by atoms with Gasteiger partial charge in [0.15, 0.2) is 11.5 Å². The van der Waals surface area contributed by atoms with Gasteiger partial charge in [0.05, 0.1) is 53.3 Å². The Morgan fingerprint density at radius 3 is 2.42 bits per heavy atom. The molecule has 1 fully saturated rings. The number of ether oxygens (including phenoxy) is 3. The molecule has 2 aromatic carbocycles. The molecule has 0 radical (unpaired) electrons. The Labute approximate surface area is 221 Å². The fourth-order valence-electron chi connectivity index (χ4n) is 4.73. The standard InChI is InChI=1S/C27H30Cl2N4O3/c1-16-6-7-17(2)33(16)8-5-9-36-26-12-22-19(10-25(26)35-4)27(18(14-30)15-31-22)32-23-13-24(34-3)21(29)11-20(23)28/h10-13,15-17H,5-9H2,1-4H3,(H,31,32). The fourth-order valence-corrected chi connectivity index (χ4v) is 5.23. The van der Waals surface area contributed by atoms with E-state index < -0.39 is 0 Å². The quantitative estimate of drug-likeness (QED) is 0.305. The molecule has 0 saturated carbocycles. The molecule has 9 heteroatoms. The Kier molecular flexibility index (Phi) is 8.30. The second-order valence-electron chi connectivity index (χ2n) is 8.99. The van der Waals surface area contributed by atoms with E-state index in [2.05, 4.69) is 35.1 Å². The molecule has 2 heterocycles. The van der Waals surface area contributed by atoms with E-state index in [0.717, 1.165) is 13.0 Å². The number of methoxy groups -OCH3 is 2. The lowest BCUT2D eigenvalue weighted by Crippen LogP contribution is -2.34. The first-order valence-electron chi connectivity index (χ1n) is 12.0. The summed E-state index contributed by atoms with van der Waals surface area (Å²) >= 11 is 12.6. The fraction of sp³-hybridized carbons (Fsp3) is 0.407. The van der Waals surface area contributed by atoms with E-state index in [9.17, 15) is 5.26 Å². The lowest BCUT2D eigenvalue weighted by molar-refractivity contribution is 0.190. The van der Waals surface area contributed by atoms with Crippen LogP contribution in [0, 0.1) is 11.3 Å². The zero-order chi connectivity index (χ0) is 25.8. The molecule has 2 unspecified atom stereocenters. The van der Waals surface area contributed by atoms with Crippen LogP contribution in [0.15, 0.2) is 30.5 Å². The Morgan fingerprint density at radius 2 is 1.75 bits per heavy atom. The Bertz CT molecular complexity index is 1280. The maximum atomic E-state index is 9.75. The maximum absolute atomic E-state index is 9.75. The molecule has 0 aliphatic carbocycles. The summed E-state index contributed by atoms with van der Waals surface area (Å²) in [6.45, 7) is 6.15. The van der Waals surface area contributed by atoms with Gasteiger partial charge >= 0.3 is 0 Å². The van der Waals surface area contributed by atoms with Gasteiger partial charge in [-0.1, -0.05) is 23.2 Å². The Hall–Kier alpha value is -2.92. The highest BCUT2D eigenvalue weighted by Crippen LogP contribution is 2.40. The molecule has 0 bridgehead atoms. The van der Waals surface area contributed by atoms with Crippen molar-refractivity contribution in [1.29, 1.82) is 5.26 Å². The minimum absolute atomic E-state index is 0.358. The van der Waals surface area contributed by atoms with E-state index in [0.29, 0.717) is 73.8 Å². The molecule has 3 aromatic rings. The van der Waals surface area contributed by atoms with Crippen molar-refractivity contribution in [3.63, 3.8) is 0 Å². The van der Waals surface area contributed by atoms with Gasteiger partial charge in [0.1, 0.15) is 11.8 Å². The highest BCUT2D eigenvalue weighted by atomic mass is 35.5. The summed E-state index contributed by atoms with van der Waals surface area (Å²) < 4.78 is 17.1. The summed E-state index contributed by atoms with van der Waals surface area (Å²) in [5, 5.41) is 14.5. The zero-order valence-corrected chi connectivity index (χ0v) is 22.4. The molecule has 1 aromatic heterocycles. The number of hydrogen-bond acceptors (Lipinski definition) is 7. The zero-order valence-electron chi connectivity index (χ0n) is 20.9. The van der Waals surface area contributed by atoms with Crippen molar-refractivity contribution in [2.45, 2.75) is 45.2 Å². The number of fused-ring (bicyclic) bond motifs is 1. The van der Waals surface area contributed by atoms with E-state index in [-0.39, 0.29) is 0 Å². The topological polar surface area (TPSA) is 79.6 Å². The van der Waals surface area contributed by atoms with E-state index >= 15 is 0 Å². The molecule has 7 nitrogen and oxygen atoms in total. The van der Waals surface area contributed by atoms with Gasteiger partial charge < -0.3 is 19.5 Å². The van der Waals surface area contributed by atoms with Gasteiger partial charge in [-0.05, 0) is 45.2 Å². The first kappa shape index (κ1) is 26.2. The highest BCUT2D eigenvalue weighted by Gasteiger charge is 2.26. The summed E-state index contributed by atoms with van der Waals surface area (Å²) in [5.41, 5.74) is 2.12. The summed E-state index contributed by atoms with van der Waals surface area (Å²) in [5.74, 6) is 1.64. The van der Waals surface area contributed by atoms with Crippen molar-refractivity contribution in [1.82, 2.24) is 9.88 Å². The van der Waals surface area contributed by atoms with Crippen molar-refractivity contribution < 1.29 is 14.2 Å². The average Bonchev–Trinajstić information content (AvgIpc) is 3.19. The maximum Gasteiger partial charge on any atom is 0.163 e. The largest absolute Gasteiger partial charge is 0.495 e. The van der Waals surface area contributed by atoms with Gasteiger partial charge in [-0.15, -0.1) is 0 Å². The van der Waals surface area contributed by atoms with Crippen molar-refractivity contribution in [2.24, 2.45) is 0 Å². The van der Waals surface area contributed by atoms with Gasteiger partial charge in [0.2, 0.25) is 0 Å².